The molecular formula is C17H24N2OS2. The summed E-state index contributed by atoms with van der Waals surface area (Å²) in [6.45, 7) is 9.42. The number of para-hydroxylation sites is 1. The summed E-state index contributed by atoms with van der Waals surface area (Å²) in [6.07, 6.45) is 4.10. The molecule has 0 aliphatic carbocycles. The quantitative estimate of drug-likeness (QED) is 0.725. The number of nitrogens with zero attached hydrogens (tertiary/aromatic N) is 2. The number of aliphatic imine (C=N–C) groups is 2. The van der Waals surface area contributed by atoms with Crippen LogP contribution < -0.4 is 4.74 Å². The predicted octanol–water partition coefficient (Wildman–Crippen LogP) is 4.83. The average Bonchev–Trinajstić information content (AvgIpc) is 2.48. The number of methoxy groups -OCH3 is 1. The first kappa shape index (κ1) is 17.4. The summed E-state index contributed by atoms with van der Waals surface area (Å²) in [6, 6.07) is 8.05. The topological polar surface area (TPSA) is 34.0 Å². The van der Waals surface area contributed by atoms with Crippen molar-refractivity contribution in [1.29, 1.82) is 0 Å². The van der Waals surface area contributed by atoms with Crippen molar-refractivity contribution in [3.05, 3.63) is 29.8 Å². The molecule has 0 saturated carbocycles. The Morgan fingerprint density at radius 2 is 1.68 bits per heavy atom. The molecule has 0 bridgehead atoms. The summed E-state index contributed by atoms with van der Waals surface area (Å²) >= 11 is 0. The van der Waals surface area contributed by atoms with Crippen molar-refractivity contribution in [3.8, 4) is 5.75 Å². The summed E-state index contributed by atoms with van der Waals surface area (Å²) in [5.41, 5.74) is 1.09. The van der Waals surface area contributed by atoms with E-state index in [1.54, 1.807) is 7.11 Å². The van der Waals surface area contributed by atoms with Crippen LogP contribution in [0.4, 0.5) is 0 Å². The van der Waals surface area contributed by atoms with E-state index in [1.165, 1.54) is 0 Å². The molecule has 0 saturated heterocycles. The minimum absolute atomic E-state index is 0.00817. The third kappa shape index (κ3) is 4.78. The zero-order valence-corrected chi connectivity index (χ0v) is 15.5. The normalized spacial score (nSPS) is 24.0. The molecular weight excluding hydrogens is 312 g/mol. The maximum absolute atomic E-state index is 5.48. The van der Waals surface area contributed by atoms with Gasteiger partial charge in [0.15, 0.2) is 0 Å². The van der Waals surface area contributed by atoms with E-state index in [0.717, 1.165) is 11.3 Å². The molecule has 0 amide bonds. The molecule has 1 heterocycles. The van der Waals surface area contributed by atoms with Gasteiger partial charge in [0.2, 0.25) is 0 Å². The van der Waals surface area contributed by atoms with E-state index < -0.39 is 0 Å². The standard InChI is InChI=1S/C17H24N2OS2/c1-16(2)11-18-10-14(19-12-17(3,4)22-21-16)13-8-6-7-9-15(13)20-5/h6-9,11-12,14H,10H2,1-5H3. The van der Waals surface area contributed by atoms with Gasteiger partial charge in [0, 0.05) is 18.0 Å². The first-order valence-electron chi connectivity index (χ1n) is 7.38. The van der Waals surface area contributed by atoms with Gasteiger partial charge in [-0.05, 0) is 33.8 Å². The van der Waals surface area contributed by atoms with E-state index in [0.29, 0.717) is 6.54 Å². The fourth-order valence-electron chi connectivity index (χ4n) is 2.07. The summed E-state index contributed by atoms with van der Waals surface area (Å²) in [4.78, 5) is 9.45. The van der Waals surface area contributed by atoms with E-state index in [9.17, 15) is 0 Å². The van der Waals surface area contributed by atoms with Gasteiger partial charge in [-0.3, -0.25) is 9.98 Å². The molecule has 1 aromatic carbocycles. The number of hydrogen-bond acceptors (Lipinski definition) is 5. The van der Waals surface area contributed by atoms with E-state index in [-0.39, 0.29) is 15.5 Å². The number of rotatable bonds is 2. The van der Waals surface area contributed by atoms with Crippen LogP contribution in [0.15, 0.2) is 34.3 Å². The lowest BCUT2D eigenvalue weighted by Gasteiger charge is -2.27. The van der Waals surface area contributed by atoms with Crippen molar-refractivity contribution in [2.24, 2.45) is 9.98 Å². The van der Waals surface area contributed by atoms with Crippen LogP contribution in [0.25, 0.3) is 0 Å². The van der Waals surface area contributed by atoms with Gasteiger partial charge < -0.3 is 4.74 Å². The van der Waals surface area contributed by atoms with Crippen LogP contribution in [-0.4, -0.2) is 35.6 Å². The monoisotopic (exact) mass is 336 g/mol. The van der Waals surface area contributed by atoms with Crippen molar-refractivity contribution in [2.75, 3.05) is 13.7 Å². The molecule has 1 unspecified atom stereocenters. The maximum Gasteiger partial charge on any atom is 0.124 e. The fraction of sp³-hybridized carbons (Fsp3) is 0.529. The average molecular weight is 337 g/mol. The van der Waals surface area contributed by atoms with Gasteiger partial charge in [0.1, 0.15) is 5.75 Å². The second-order valence-corrected chi connectivity index (χ2v) is 9.84. The van der Waals surface area contributed by atoms with Crippen LogP contribution >= 0.6 is 21.6 Å². The predicted molar refractivity (Wildman–Crippen MR) is 101 cm³/mol. The largest absolute Gasteiger partial charge is 0.496 e. The van der Waals surface area contributed by atoms with Crippen LogP contribution in [0.5, 0.6) is 5.75 Å². The molecule has 0 aromatic heterocycles. The van der Waals surface area contributed by atoms with Gasteiger partial charge in [-0.2, -0.15) is 0 Å². The van der Waals surface area contributed by atoms with Gasteiger partial charge in [-0.15, -0.1) is 0 Å². The molecule has 0 spiro atoms. The second-order valence-electron chi connectivity index (χ2n) is 6.40. The summed E-state index contributed by atoms with van der Waals surface area (Å²) in [5, 5.41) is 0. The highest BCUT2D eigenvalue weighted by molar-refractivity contribution is 8.78. The van der Waals surface area contributed by atoms with Crippen LogP contribution in [0.1, 0.15) is 39.3 Å². The molecule has 3 nitrogen and oxygen atoms in total. The van der Waals surface area contributed by atoms with E-state index >= 15 is 0 Å². The Hall–Kier alpha value is -0.940. The van der Waals surface area contributed by atoms with Crippen LogP contribution in [0, 0.1) is 0 Å². The van der Waals surface area contributed by atoms with Crippen LogP contribution in [-0.2, 0) is 0 Å². The molecule has 22 heavy (non-hydrogen) atoms. The highest BCUT2D eigenvalue weighted by atomic mass is 33.1. The summed E-state index contributed by atoms with van der Waals surface area (Å²) in [5.74, 6) is 0.871. The number of ether oxygens (including phenoxy) is 1. The lowest BCUT2D eigenvalue weighted by atomic mass is 10.1. The summed E-state index contributed by atoms with van der Waals surface area (Å²) < 4.78 is 5.48. The smallest absolute Gasteiger partial charge is 0.124 e. The highest BCUT2D eigenvalue weighted by Gasteiger charge is 2.25. The zero-order valence-electron chi connectivity index (χ0n) is 13.9. The van der Waals surface area contributed by atoms with Crippen LogP contribution in [0.2, 0.25) is 0 Å². The Morgan fingerprint density at radius 3 is 2.36 bits per heavy atom. The van der Waals surface area contributed by atoms with Gasteiger partial charge in [0.05, 0.1) is 29.2 Å². The van der Waals surface area contributed by atoms with Crippen molar-refractivity contribution >= 4 is 34.0 Å². The molecule has 1 aromatic rings. The maximum atomic E-state index is 5.48. The molecule has 1 atom stereocenters. The first-order valence-corrected chi connectivity index (χ1v) is 9.53. The number of benzene rings is 1. The third-order valence-electron chi connectivity index (χ3n) is 3.22. The lowest BCUT2D eigenvalue weighted by molar-refractivity contribution is 0.406. The first-order chi connectivity index (χ1) is 10.3. The van der Waals surface area contributed by atoms with Gasteiger partial charge in [-0.25, -0.2) is 0 Å². The van der Waals surface area contributed by atoms with Crippen molar-refractivity contribution in [1.82, 2.24) is 0 Å². The number of hydrogen-bond donors (Lipinski definition) is 0. The van der Waals surface area contributed by atoms with Gasteiger partial charge in [0.25, 0.3) is 0 Å². The lowest BCUT2D eigenvalue weighted by Crippen LogP contribution is -2.23. The molecule has 0 radical (unpaired) electrons. The van der Waals surface area contributed by atoms with E-state index in [1.807, 2.05) is 46.0 Å². The fourth-order valence-corrected chi connectivity index (χ4v) is 4.27. The molecule has 1 aliphatic heterocycles. The minimum atomic E-state index is -0.0205. The Labute approximate surface area is 141 Å². The molecule has 0 N–H and O–H groups in total. The molecule has 120 valence electrons. The Balaban J connectivity index is 2.36. The molecule has 5 heteroatoms. The Bertz CT molecular complexity index is 568. The van der Waals surface area contributed by atoms with Gasteiger partial charge in [-0.1, -0.05) is 39.8 Å². The SMILES string of the molecule is COc1ccccc1C1CN=CC(C)(C)SSC(C)(C)C=N1. The van der Waals surface area contributed by atoms with E-state index in [2.05, 4.69) is 45.0 Å². The minimum Gasteiger partial charge on any atom is -0.496 e. The van der Waals surface area contributed by atoms with E-state index in [4.69, 9.17) is 9.73 Å². The Morgan fingerprint density at radius 1 is 1.05 bits per heavy atom. The second kappa shape index (κ2) is 7.09. The molecule has 0 fully saturated rings. The van der Waals surface area contributed by atoms with Crippen molar-refractivity contribution in [3.63, 3.8) is 0 Å². The molecule has 1 aliphatic rings. The zero-order chi connectivity index (χ0) is 16.2. The van der Waals surface area contributed by atoms with Crippen molar-refractivity contribution in [2.45, 2.75) is 43.2 Å². The van der Waals surface area contributed by atoms with Crippen LogP contribution in [0.3, 0.4) is 0 Å². The Kier molecular flexibility index (Phi) is 5.61. The molecule has 2 rings (SSSR count). The van der Waals surface area contributed by atoms with Crippen molar-refractivity contribution < 1.29 is 4.74 Å². The highest BCUT2D eigenvalue weighted by Crippen LogP contribution is 2.43. The summed E-state index contributed by atoms with van der Waals surface area (Å²) in [7, 11) is 5.38. The van der Waals surface area contributed by atoms with Gasteiger partial charge >= 0.3 is 0 Å². The third-order valence-corrected chi connectivity index (χ3v) is 7.20.